The Bertz CT molecular complexity index is 339. The van der Waals surface area contributed by atoms with E-state index in [4.69, 9.17) is 0 Å². The second-order valence-electron chi connectivity index (χ2n) is 5.31. The van der Waals surface area contributed by atoms with E-state index in [1.807, 2.05) is 6.92 Å². The molecule has 1 atom stereocenters. The average Bonchev–Trinajstić information content (AvgIpc) is 2.14. The summed E-state index contributed by atoms with van der Waals surface area (Å²) in [5.41, 5.74) is 2.34. The minimum Gasteiger partial charge on any atom is -0.388 e. The topological polar surface area (TPSA) is 20.2 Å². The summed E-state index contributed by atoms with van der Waals surface area (Å²) in [4.78, 5) is 0. The molecule has 15 heavy (non-hydrogen) atoms. The molecule has 84 valence electrons. The van der Waals surface area contributed by atoms with Gasteiger partial charge in [-0.05, 0) is 18.9 Å². The third-order valence-corrected chi connectivity index (χ3v) is 4.76. The fourth-order valence-electron chi connectivity index (χ4n) is 1.67. The summed E-state index contributed by atoms with van der Waals surface area (Å²) in [6.07, 6.45) is 0.481. The van der Waals surface area contributed by atoms with Gasteiger partial charge in [0.05, 0.1) is 14.2 Å². The highest BCUT2D eigenvalue weighted by Crippen LogP contribution is 2.17. The zero-order chi connectivity index (χ0) is 11.6. The molecule has 0 aliphatic heterocycles. The number of hydrogen-bond acceptors (Lipinski definition) is 1. The first-order chi connectivity index (χ1) is 6.84. The van der Waals surface area contributed by atoms with E-state index >= 15 is 0 Å². The quantitative estimate of drug-likeness (QED) is 0.780. The molecule has 0 aliphatic carbocycles. The Morgan fingerprint density at radius 3 is 2.27 bits per heavy atom. The van der Waals surface area contributed by atoms with Crippen molar-refractivity contribution in [3.63, 3.8) is 0 Å². The zero-order valence-electron chi connectivity index (χ0n) is 10.5. The fraction of sp³-hybridized carbons (Fsp3) is 0.538. The van der Waals surface area contributed by atoms with Crippen molar-refractivity contribution in [2.75, 3.05) is 0 Å². The first-order valence-electron chi connectivity index (χ1n) is 5.64. The number of aryl methyl sites for hydroxylation is 1. The van der Waals surface area contributed by atoms with Gasteiger partial charge in [-0.15, -0.1) is 0 Å². The van der Waals surface area contributed by atoms with Crippen LogP contribution in [0.2, 0.25) is 19.6 Å². The van der Waals surface area contributed by atoms with E-state index in [1.54, 1.807) is 0 Å². The van der Waals surface area contributed by atoms with Gasteiger partial charge in [0.2, 0.25) is 0 Å². The van der Waals surface area contributed by atoms with E-state index in [0.717, 1.165) is 12.0 Å². The van der Waals surface area contributed by atoms with Crippen LogP contribution >= 0.6 is 0 Å². The number of benzene rings is 1. The van der Waals surface area contributed by atoms with Crippen molar-refractivity contribution in [2.24, 2.45) is 0 Å². The first kappa shape index (κ1) is 12.5. The van der Waals surface area contributed by atoms with Crippen molar-refractivity contribution in [1.29, 1.82) is 0 Å². The van der Waals surface area contributed by atoms with Crippen molar-refractivity contribution in [2.45, 2.75) is 46.0 Å². The Labute approximate surface area is 94.2 Å². The van der Waals surface area contributed by atoms with Gasteiger partial charge in [-0.25, -0.2) is 0 Å². The molecular weight excluding hydrogens is 200 g/mol. The van der Waals surface area contributed by atoms with Crippen LogP contribution in [0.25, 0.3) is 0 Å². The van der Waals surface area contributed by atoms with E-state index in [0.29, 0.717) is 0 Å². The van der Waals surface area contributed by atoms with Crippen LogP contribution in [0.15, 0.2) is 18.2 Å². The lowest BCUT2D eigenvalue weighted by atomic mass is 10.1. The molecule has 0 heterocycles. The number of aliphatic hydroxyl groups is 1. The lowest BCUT2D eigenvalue weighted by Crippen LogP contribution is -2.38. The molecular formula is C13H22OSi. The molecule has 1 N–H and O–H groups in total. The van der Waals surface area contributed by atoms with Crippen molar-refractivity contribution in [3.8, 4) is 0 Å². The standard InChI is InChI=1S/C13H22OSi/c1-6-13(14)11-7-10(2)8-12(9-11)15(3,4)5/h7-9,13-14H,6H2,1-5H3. The van der Waals surface area contributed by atoms with Gasteiger partial charge in [0.15, 0.2) is 0 Å². The van der Waals surface area contributed by atoms with Gasteiger partial charge in [-0.3, -0.25) is 0 Å². The van der Waals surface area contributed by atoms with Crippen LogP contribution in [0.5, 0.6) is 0 Å². The molecule has 2 heteroatoms. The minimum atomic E-state index is -1.27. The normalized spacial score (nSPS) is 14.0. The lowest BCUT2D eigenvalue weighted by Gasteiger charge is -2.20. The van der Waals surface area contributed by atoms with Crippen molar-refractivity contribution < 1.29 is 5.11 Å². The van der Waals surface area contributed by atoms with Crippen LogP contribution < -0.4 is 5.19 Å². The van der Waals surface area contributed by atoms with Crippen molar-refractivity contribution in [3.05, 3.63) is 29.3 Å². The molecule has 0 saturated heterocycles. The summed E-state index contributed by atoms with van der Waals surface area (Å²) in [6.45, 7) is 11.1. The second kappa shape index (κ2) is 4.50. The highest BCUT2D eigenvalue weighted by Gasteiger charge is 2.18. The molecule has 0 amide bonds. The molecule has 0 bridgehead atoms. The molecule has 0 aliphatic rings. The smallest absolute Gasteiger partial charge is 0.0787 e. The minimum absolute atomic E-state index is 0.306. The molecule has 1 aromatic carbocycles. The van der Waals surface area contributed by atoms with Crippen LogP contribution in [0.3, 0.4) is 0 Å². The van der Waals surface area contributed by atoms with Gasteiger partial charge in [-0.1, -0.05) is 55.5 Å². The highest BCUT2D eigenvalue weighted by atomic mass is 28.3. The largest absolute Gasteiger partial charge is 0.388 e. The number of hydrogen-bond donors (Lipinski definition) is 1. The third kappa shape index (κ3) is 3.18. The maximum Gasteiger partial charge on any atom is 0.0787 e. The fourth-order valence-corrected chi connectivity index (χ4v) is 2.93. The summed E-state index contributed by atoms with van der Waals surface area (Å²) in [7, 11) is -1.27. The van der Waals surface area contributed by atoms with Gasteiger partial charge >= 0.3 is 0 Å². The summed E-state index contributed by atoms with van der Waals surface area (Å²) < 4.78 is 0. The highest BCUT2D eigenvalue weighted by molar-refractivity contribution is 6.88. The van der Waals surface area contributed by atoms with E-state index in [2.05, 4.69) is 44.8 Å². The van der Waals surface area contributed by atoms with E-state index in [-0.39, 0.29) is 6.10 Å². The van der Waals surface area contributed by atoms with E-state index in [1.165, 1.54) is 10.8 Å². The zero-order valence-corrected chi connectivity index (χ0v) is 11.5. The van der Waals surface area contributed by atoms with Gasteiger partial charge in [-0.2, -0.15) is 0 Å². The SMILES string of the molecule is CCC(O)c1cc(C)cc([Si](C)(C)C)c1. The molecule has 1 unspecified atom stereocenters. The molecule has 0 saturated carbocycles. The Morgan fingerprint density at radius 2 is 1.80 bits per heavy atom. The van der Waals surface area contributed by atoms with E-state index in [9.17, 15) is 5.11 Å². The Kier molecular flexibility index (Phi) is 3.74. The van der Waals surface area contributed by atoms with Gasteiger partial charge < -0.3 is 5.11 Å². The Hall–Kier alpha value is -0.603. The van der Waals surface area contributed by atoms with Crippen molar-refractivity contribution >= 4 is 13.3 Å². The predicted molar refractivity (Wildman–Crippen MR) is 69.4 cm³/mol. The summed E-state index contributed by atoms with van der Waals surface area (Å²) in [5, 5.41) is 11.3. The lowest BCUT2D eigenvalue weighted by molar-refractivity contribution is 0.173. The van der Waals surface area contributed by atoms with Crippen molar-refractivity contribution in [1.82, 2.24) is 0 Å². The summed E-state index contributed by atoms with van der Waals surface area (Å²) >= 11 is 0. The molecule has 1 aromatic rings. The van der Waals surface area contributed by atoms with Gasteiger partial charge in [0.1, 0.15) is 0 Å². The first-order valence-corrected chi connectivity index (χ1v) is 9.14. The Balaban J connectivity index is 3.17. The number of rotatable bonds is 3. The molecule has 0 spiro atoms. The van der Waals surface area contributed by atoms with Crippen LogP contribution in [0.4, 0.5) is 0 Å². The summed E-state index contributed by atoms with van der Waals surface area (Å²) in [5.74, 6) is 0. The molecule has 1 nitrogen and oxygen atoms in total. The van der Waals surface area contributed by atoms with Crippen LogP contribution in [-0.2, 0) is 0 Å². The average molecular weight is 222 g/mol. The van der Waals surface area contributed by atoms with Gasteiger partial charge in [0.25, 0.3) is 0 Å². The van der Waals surface area contributed by atoms with Crippen LogP contribution in [-0.4, -0.2) is 13.2 Å². The number of aliphatic hydroxyl groups excluding tert-OH is 1. The Morgan fingerprint density at radius 1 is 1.20 bits per heavy atom. The predicted octanol–water partition coefficient (Wildman–Crippen LogP) is 2.98. The third-order valence-electron chi connectivity index (χ3n) is 2.74. The molecule has 0 aromatic heterocycles. The maximum absolute atomic E-state index is 9.86. The second-order valence-corrected chi connectivity index (χ2v) is 10.4. The van der Waals surface area contributed by atoms with Crippen LogP contribution in [0.1, 0.15) is 30.6 Å². The molecule has 0 radical (unpaired) electrons. The van der Waals surface area contributed by atoms with E-state index < -0.39 is 8.07 Å². The van der Waals surface area contributed by atoms with Gasteiger partial charge in [0, 0.05) is 0 Å². The summed E-state index contributed by atoms with van der Waals surface area (Å²) in [6, 6.07) is 6.54. The van der Waals surface area contributed by atoms with Crippen LogP contribution in [0, 0.1) is 6.92 Å². The molecule has 0 fully saturated rings. The monoisotopic (exact) mass is 222 g/mol. The maximum atomic E-state index is 9.86. The molecule has 1 rings (SSSR count).